The normalized spacial score (nSPS) is 10.7. The average Bonchev–Trinajstić information content (AvgIpc) is 3.00. The van der Waals surface area contributed by atoms with Crippen molar-refractivity contribution in [2.75, 3.05) is 5.32 Å². The van der Waals surface area contributed by atoms with Crippen molar-refractivity contribution >= 4 is 34.0 Å². The number of nitrogens with one attached hydrogen (secondary N) is 1. The smallest absolute Gasteiger partial charge is 0.249 e. The first kappa shape index (κ1) is 14.9. The van der Waals surface area contributed by atoms with Gasteiger partial charge < -0.3 is 9.73 Å². The zero-order valence-corrected chi connectivity index (χ0v) is 13.6. The highest BCUT2D eigenvalue weighted by Crippen LogP contribution is 2.33. The van der Waals surface area contributed by atoms with E-state index in [0.717, 1.165) is 21.6 Å². The Morgan fingerprint density at radius 2 is 2.00 bits per heavy atom. The van der Waals surface area contributed by atoms with E-state index in [1.165, 1.54) is 6.07 Å². The highest BCUT2D eigenvalue weighted by molar-refractivity contribution is 14.1. The van der Waals surface area contributed by atoms with Crippen LogP contribution in [0.25, 0.3) is 11.5 Å². The van der Waals surface area contributed by atoms with Gasteiger partial charge in [0, 0.05) is 9.26 Å². The molecule has 1 heterocycles. The van der Waals surface area contributed by atoms with Crippen LogP contribution in [0, 0.1) is 22.1 Å². The largest absolute Gasteiger partial charge is 0.423 e. The second-order valence-electron chi connectivity index (χ2n) is 4.61. The fourth-order valence-electron chi connectivity index (χ4n) is 2.04. The number of hydrogen-bond donors (Lipinski definition) is 1. The summed E-state index contributed by atoms with van der Waals surface area (Å²) < 4.78 is 34.0. The van der Waals surface area contributed by atoms with Gasteiger partial charge in [-0.15, -0.1) is 10.2 Å². The van der Waals surface area contributed by atoms with Gasteiger partial charge in [0.2, 0.25) is 12.3 Å². The predicted molar refractivity (Wildman–Crippen MR) is 86.8 cm³/mol. The third-order valence-electron chi connectivity index (χ3n) is 3.13. The predicted octanol–water partition coefficient (Wildman–Crippen LogP) is 4.67. The molecule has 3 aromatic rings. The van der Waals surface area contributed by atoms with Crippen LogP contribution in [0.2, 0.25) is 0 Å². The molecule has 7 heteroatoms. The van der Waals surface area contributed by atoms with E-state index in [2.05, 4.69) is 38.1 Å². The Morgan fingerprint density at radius 3 is 2.68 bits per heavy atom. The summed E-state index contributed by atoms with van der Waals surface area (Å²) in [6, 6.07) is 8.04. The number of halogens is 3. The second-order valence-corrected chi connectivity index (χ2v) is 5.86. The topological polar surface area (TPSA) is 51.0 Å². The van der Waals surface area contributed by atoms with Crippen LogP contribution in [0.4, 0.5) is 20.2 Å². The first-order valence-electron chi connectivity index (χ1n) is 6.34. The van der Waals surface area contributed by atoms with Gasteiger partial charge in [-0.1, -0.05) is 0 Å². The summed E-state index contributed by atoms with van der Waals surface area (Å²) in [4.78, 5) is 0. The summed E-state index contributed by atoms with van der Waals surface area (Å²) in [6.07, 6.45) is 1.14. The Morgan fingerprint density at radius 1 is 1.18 bits per heavy atom. The van der Waals surface area contributed by atoms with Crippen molar-refractivity contribution in [1.29, 1.82) is 0 Å². The molecule has 1 N–H and O–H groups in total. The molecule has 0 atom stereocenters. The fraction of sp³-hybridized carbons (Fsp3) is 0.0667. The minimum absolute atomic E-state index is 0.0337. The number of anilines is 2. The standard InChI is InChI=1S/C15H10F2IN3O/c1-8-6-9(18)2-5-12(8)20-14-10(15-21-19-7-22-15)3-4-11(16)13(14)17/h2-7,20H,1H3. The minimum atomic E-state index is -0.992. The van der Waals surface area contributed by atoms with E-state index >= 15 is 0 Å². The van der Waals surface area contributed by atoms with Crippen LogP contribution in [-0.2, 0) is 0 Å². The third-order valence-corrected chi connectivity index (χ3v) is 3.80. The molecule has 112 valence electrons. The zero-order chi connectivity index (χ0) is 15.7. The Labute approximate surface area is 138 Å². The molecule has 0 aliphatic rings. The van der Waals surface area contributed by atoms with Crippen LogP contribution in [0.5, 0.6) is 0 Å². The van der Waals surface area contributed by atoms with Crippen molar-refractivity contribution in [3.05, 3.63) is 57.5 Å². The molecular formula is C15H10F2IN3O. The van der Waals surface area contributed by atoms with Crippen LogP contribution in [0.15, 0.2) is 41.1 Å². The van der Waals surface area contributed by atoms with E-state index in [-0.39, 0.29) is 11.6 Å². The summed E-state index contributed by atoms with van der Waals surface area (Å²) in [7, 11) is 0. The van der Waals surface area contributed by atoms with Gasteiger partial charge in [0.05, 0.1) is 11.3 Å². The van der Waals surface area contributed by atoms with Crippen molar-refractivity contribution in [3.8, 4) is 11.5 Å². The van der Waals surface area contributed by atoms with E-state index < -0.39 is 11.6 Å². The Bertz CT molecular complexity index is 822. The lowest BCUT2D eigenvalue weighted by Crippen LogP contribution is -2.01. The lowest BCUT2D eigenvalue weighted by Gasteiger charge is -2.13. The van der Waals surface area contributed by atoms with Crippen LogP contribution in [0.1, 0.15) is 5.56 Å². The van der Waals surface area contributed by atoms with E-state index in [4.69, 9.17) is 4.42 Å². The highest BCUT2D eigenvalue weighted by atomic mass is 127. The summed E-state index contributed by atoms with van der Waals surface area (Å²) in [5.41, 5.74) is 1.85. The molecular weight excluding hydrogens is 403 g/mol. The van der Waals surface area contributed by atoms with Gasteiger partial charge in [-0.05, 0) is 65.4 Å². The molecule has 0 saturated carbocycles. The second kappa shape index (κ2) is 5.99. The van der Waals surface area contributed by atoms with Crippen LogP contribution in [-0.4, -0.2) is 10.2 Å². The number of benzene rings is 2. The van der Waals surface area contributed by atoms with Crippen LogP contribution >= 0.6 is 22.6 Å². The van der Waals surface area contributed by atoms with Crippen molar-refractivity contribution < 1.29 is 13.2 Å². The molecule has 0 bridgehead atoms. The Kier molecular flexibility index (Phi) is 4.06. The fourth-order valence-corrected chi connectivity index (χ4v) is 2.69. The van der Waals surface area contributed by atoms with Gasteiger partial charge in [-0.3, -0.25) is 0 Å². The highest BCUT2D eigenvalue weighted by Gasteiger charge is 2.18. The first-order chi connectivity index (χ1) is 10.6. The summed E-state index contributed by atoms with van der Waals surface area (Å²) in [5.74, 6) is -1.83. The zero-order valence-electron chi connectivity index (χ0n) is 11.4. The molecule has 0 radical (unpaired) electrons. The monoisotopic (exact) mass is 413 g/mol. The average molecular weight is 413 g/mol. The van der Waals surface area contributed by atoms with E-state index in [1.807, 2.05) is 19.1 Å². The molecule has 0 aliphatic heterocycles. The van der Waals surface area contributed by atoms with Crippen molar-refractivity contribution in [3.63, 3.8) is 0 Å². The van der Waals surface area contributed by atoms with Gasteiger partial charge in [-0.25, -0.2) is 8.78 Å². The maximum atomic E-state index is 14.2. The third kappa shape index (κ3) is 2.80. The lowest BCUT2D eigenvalue weighted by atomic mass is 10.1. The van der Waals surface area contributed by atoms with Gasteiger partial charge in [0.15, 0.2) is 11.6 Å². The van der Waals surface area contributed by atoms with Crippen molar-refractivity contribution in [1.82, 2.24) is 10.2 Å². The van der Waals surface area contributed by atoms with Crippen molar-refractivity contribution in [2.45, 2.75) is 6.92 Å². The molecule has 0 aliphatic carbocycles. The van der Waals surface area contributed by atoms with Crippen LogP contribution in [0.3, 0.4) is 0 Å². The number of nitrogens with zero attached hydrogens (tertiary/aromatic N) is 2. The minimum Gasteiger partial charge on any atom is -0.423 e. The quantitative estimate of drug-likeness (QED) is 0.635. The number of hydrogen-bond acceptors (Lipinski definition) is 4. The van der Waals surface area contributed by atoms with Gasteiger partial charge in [-0.2, -0.15) is 0 Å². The summed E-state index contributed by atoms with van der Waals surface area (Å²) >= 11 is 2.19. The molecule has 2 aromatic carbocycles. The Balaban J connectivity index is 2.11. The summed E-state index contributed by atoms with van der Waals surface area (Å²) in [5, 5.41) is 10.2. The first-order valence-corrected chi connectivity index (χ1v) is 7.42. The molecule has 4 nitrogen and oxygen atoms in total. The number of aromatic nitrogens is 2. The van der Waals surface area contributed by atoms with E-state index in [0.29, 0.717) is 11.3 Å². The van der Waals surface area contributed by atoms with Gasteiger partial charge in [0.1, 0.15) is 0 Å². The summed E-state index contributed by atoms with van der Waals surface area (Å²) in [6.45, 7) is 1.88. The molecule has 0 spiro atoms. The SMILES string of the molecule is Cc1cc(I)ccc1Nc1c(-c2nnco2)ccc(F)c1F. The van der Waals surface area contributed by atoms with Gasteiger partial charge >= 0.3 is 0 Å². The van der Waals surface area contributed by atoms with E-state index in [9.17, 15) is 8.78 Å². The molecule has 1 aromatic heterocycles. The maximum Gasteiger partial charge on any atom is 0.249 e. The van der Waals surface area contributed by atoms with Gasteiger partial charge in [0.25, 0.3) is 0 Å². The lowest BCUT2D eigenvalue weighted by molar-refractivity contribution is 0.510. The van der Waals surface area contributed by atoms with E-state index in [1.54, 1.807) is 6.07 Å². The number of aryl methyl sites for hydroxylation is 1. The number of rotatable bonds is 3. The Hall–Kier alpha value is -2.03. The molecule has 3 rings (SSSR count). The molecule has 22 heavy (non-hydrogen) atoms. The molecule has 0 saturated heterocycles. The molecule has 0 unspecified atom stereocenters. The molecule has 0 amide bonds. The molecule has 0 fully saturated rings. The van der Waals surface area contributed by atoms with Crippen LogP contribution < -0.4 is 5.32 Å². The van der Waals surface area contributed by atoms with Crippen molar-refractivity contribution in [2.24, 2.45) is 0 Å². The maximum absolute atomic E-state index is 14.2.